The van der Waals surface area contributed by atoms with Gasteiger partial charge in [0.15, 0.2) is 0 Å². The maximum absolute atomic E-state index is 7.69. The van der Waals surface area contributed by atoms with Gasteiger partial charge < -0.3 is 10.5 Å². The van der Waals surface area contributed by atoms with Crippen LogP contribution in [0.1, 0.15) is 49.4 Å². The highest BCUT2D eigenvalue weighted by Crippen LogP contribution is 2.28. The Labute approximate surface area is 114 Å². The Hall–Kier alpha value is -1.65. The van der Waals surface area contributed by atoms with Gasteiger partial charge in [0.05, 0.1) is 11.3 Å². The standard InChI is InChI=1S/C14H22N4O/c1-8-4-6-11(7-5-8)19-14-12(13(15)16)9(2)10(3)17-18-14/h8,11H,4-7H2,1-3H3,(H3,15,16). The molecule has 0 saturated heterocycles. The Bertz CT molecular complexity index is 479. The quantitative estimate of drug-likeness (QED) is 0.646. The lowest BCUT2D eigenvalue weighted by Gasteiger charge is -2.27. The number of aromatic nitrogens is 2. The lowest BCUT2D eigenvalue weighted by atomic mass is 9.89. The van der Waals surface area contributed by atoms with Crippen LogP contribution >= 0.6 is 0 Å². The second-order valence-electron chi connectivity index (χ2n) is 5.50. The van der Waals surface area contributed by atoms with Gasteiger partial charge in [-0.3, -0.25) is 5.41 Å². The molecule has 1 saturated carbocycles. The van der Waals surface area contributed by atoms with Gasteiger partial charge in [-0.05, 0) is 51.0 Å². The van der Waals surface area contributed by atoms with Crippen molar-refractivity contribution >= 4 is 5.84 Å². The first-order valence-electron chi connectivity index (χ1n) is 6.84. The first kappa shape index (κ1) is 13.8. The molecule has 1 fully saturated rings. The number of nitrogens with one attached hydrogen (secondary N) is 1. The number of ether oxygens (including phenoxy) is 1. The van der Waals surface area contributed by atoms with Crippen LogP contribution in [0.5, 0.6) is 5.88 Å². The van der Waals surface area contributed by atoms with E-state index in [1.807, 2.05) is 13.8 Å². The van der Waals surface area contributed by atoms with Crippen LogP contribution in [-0.2, 0) is 0 Å². The van der Waals surface area contributed by atoms with Crippen LogP contribution in [-0.4, -0.2) is 22.1 Å². The number of rotatable bonds is 3. The molecule has 0 atom stereocenters. The molecule has 1 aliphatic rings. The molecule has 2 rings (SSSR count). The van der Waals surface area contributed by atoms with Crippen molar-refractivity contribution in [3.63, 3.8) is 0 Å². The Balaban J connectivity index is 2.20. The van der Waals surface area contributed by atoms with Gasteiger partial charge in [0.25, 0.3) is 0 Å². The molecule has 0 aromatic carbocycles. The fourth-order valence-electron chi connectivity index (χ4n) is 2.49. The molecule has 0 bridgehead atoms. The molecule has 0 radical (unpaired) electrons. The zero-order valence-corrected chi connectivity index (χ0v) is 11.9. The fraction of sp³-hybridized carbons (Fsp3) is 0.643. The summed E-state index contributed by atoms with van der Waals surface area (Å²) in [6.45, 7) is 6.03. The number of hydrogen-bond donors (Lipinski definition) is 2. The number of amidine groups is 1. The van der Waals surface area contributed by atoms with Gasteiger partial charge >= 0.3 is 0 Å². The number of nitrogens with zero attached hydrogens (tertiary/aromatic N) is 2. The lowest BCUT2D eigenvalue weighted by Crippen LogP contribution is -2.26. The molecule has 1 aromatic heterocycles. The number of hydrogen-bond acceptors (Lipinski definition) is 4. The van der Waals surface area contributed by atoms with Crippen LogP contribution in [0, 0.1) is 25.2 Å². The number of nitrogen functional groups attached to an aromatic ring is 1. The van der Waals surface area contributed by atoms with E-state index in [0.29, 0.717) is 11.4 Å². The molecule has 104 valence electrons. The largest absolute Gasteiger partial charge is 0.473 e. The van der Waals surface area contributed by atoms with Crippen molar-refractivity contribution in [2.75, 3.05) is 0 Å². The highest BCUT2D eigenvalue weighted by molar-refractivity contribution is 5.98. The van der Waals surface area contributed by atoms with Gasteiger partial charge in [-0.2, -0.15) is 5.10 Å². The molecule has 0 amide bonds. The number of aryl methyl sites for hydroxylation is 1. The second kappa shape index (κ2) is 5.55. The summed E-state index contributed by atoms with van der Waals surface area (Å²) >= 11 is 0. The van der Waals surface area contributed by atoms with E-state index in [4.69, 9.17) is 15.9 Å². The SMILES string of the molecule is Cc1nnc(OC2CCC(C)CC2)c(C(=N)N)c1C. The molecule has 19 heavy (non-hydrogen) atoms. The summed E-state index contributed by atoms with van der Waals surface area (Å²) in [7, 11) is 0. The van der Waals surface area contributed by atoms with Crippen molar-refractivity contribution in [3.8, 4) is 5.88 Å². The molecule has 0 spiro atoms. The van der Waals surface area contributed by atoms with E-state index < -0.39 is 0 Å². The third kappa shape index (κ3) is 3.03. The maximum atomic E-state index is 7.69. The summed E-state index contributed by atoms with van der Waals surface area (Å²) in [4.78, 5) is 0. The fourth-order valence-corrected chi connectivity index (χ4v) is 2.49. The van der Waals surface area contributed by atoms with E-state index in [1.54, 1.807) is 0 Å². The molecule has 0 aliphatic heterocycles. The Morgan fingerprint density at radius 3 is 2.42 bits per heavy atom. The van der Waals surface area contributed by atoms with Crippen LogP contribution in [0.3, 0.4) is 0 Å². The molecular weight excluding hydrogens is 240 g/mol. The van der Waals surface area contributed by atoms with Crippen molar-refractivity contribution in [2.24, 2.45) is 11.7 Å². The van der Waals surface area contributed by atoms with Crippen LogP contribution in [0.25, 0.3) is 0 Å². The molecular formula is C14H22N4O. The zero-order chi connectivity index (χ0) is 14.0. The summed E-state index contributed by atoms with van der Waals surface area (Å²) < 4.78 is 5.94. The molecule has 5 heteroatoms. The molecule has 3 N–H and O–H groups in total. The molecule has 5 nitrogen and oxygen atoms in total. The van der Waals surface area contributed by atoms with E-state index in [9.17, 15) is 0 Å². The molecule has 1 aliphatic carbocycles. The summed E-state index contributed by atoms with van der Waals surface area (Å²) in [6, 6.07) is 0. The first-order valence-corrected chi connectivity index (χ1v) is 6.84. The predicted molar refractivity (Wildman–Crippen MR) is 74.6 cm³/mol. The average Bonchev–Trinajstić information content (AvgIpc) is 2.36. The van der Waals surface area contributed by atoms with Gasteiger partial charge in [-0.15, -0.1) is 5.10 Å². The summed E-state index contributed by atoms with van der Waals surface area (Å²) in [6.07, 6.45) is 4.60. The van der Waals surface area contributed by atoms with E-state index in [2.05, 4.69) is 17.1 Å². The average molecular weight is 262 g/mol. The minimum Gasteiger partial charge on any atom is -0.473 e. The van der Waals surface area contributed by atoms with Crippen LogP contribution in [0.4, 0.5) is 0 Å². The highest BCUT2D eigenvalue weighted by Gasteiger charge is 2.23. The minimum absolute atomic E-state index is 0.00493. The van der Waals surface area contributed by atoms with Crippen molar-refractivity contribution in [1.82, 2.24) is 10.2 Å². The van der Waals surface area contributed by atoms with E-state index >= 15 is 0 Å². The Kier molecular flexibility index (Phi) is 4.02. The third-order valence-corrected chi connectivity index (χ3v) is 3.93. The van der Waals surface area contributed by atoms with Crippen LogP contribution < -0.4 is 10.5 Å². The predicted octanol–water partition coefficient (Wildman–Crippen LogP) is 2.34. The highest BCUT2D eigenvalue weighted by atomic mass is 16.5. The molecule has 1 aromatic rings. The normalized spacial score (nSPS) is 23.1. The van der Waals surface area contributed by atoms with Crippen molar-refractivity contribution in [3.05, 3.63) is 16.8 Å². The Morgan fingerprint density at radius 1 is 1.21 bits per heavy atom. The van der Waals surface area contributed by atoms with Crippen molar-refractivity contribution < 1.29 is 4.74 Å². The molecule has 1 heterocycles. The van der Waals surface area contributed by atoms with E-state index in [-0.39, 0.29) is 11.9 Å². The molecule has 0 unspecified atom stereocenters. The monoisotopic (exact) mass is 262 g/mol. The maximum Gasteiger partial charge on any atom is 0.245 e. The summed E-state index contributed by atoms with van der Waals surface area (Å²) in [5, 5.41) is 15.8. The summed E-state index contributed by atoms with van der Waals surface area (Å²) in [5.41, 5.74) is 7.90. The van der Waals surface area contributed by atoms with Crippen LogP contribution in [0.2, 0.25) is 0 Å². The van der Waals surface area contributed by atoms with Gasteiger partial charge in [-0.25, -0.2) is 0 Å². The summed E-state index contributed by atoms with van der Waals surface area (Å²) in [5.74, 6) is 1.18. The van der Waals surface area contributed by atoms with Gasteiger partial charge in [0.1, 0.15) is 11.9 Å². The van der Waals surface area contributed by atoms with Crippen molar-refractivity contribution in [2.45, 2.75) is 52.6 Å². The van der Waals surface area contributed by atoms with Crippen LogP contribution in [0.15, 0.2) is 0 Å². The second-order valence-corrected chi connectivity index (χ2v) is 5.50. The van der Waals surface area contributed by atoms with Gasteiger partial charge in [-0.1, -0.05) is 6.92 Å². The van der Waals surface area contributed by atoms with E-state index in [0.717, 1.165) is 30.0 Å². The number of nitrogens with two attached hydrogens (primary N) is 1. The zero-order valence-electron chi connectivity index (χ0n) is 11.9. The Morgan fingerprint density at radius 2 is 1.84 bits per heavy atom. The van der Waals surface area contributed by atoms with Gasteiger partial charge in [0.2, 0.25) is 5.88 Å². The minimum atomic E-state index is -0.00493. The smallest absolute Gasteiger partial charge is 0.245 e. The van der Waals surface area contributed by atoms with Gasteiger partial charge in [0, 0.05) is 0 Å². The lowest BCUT2D eigenvalue weighted by molar-refractivity contribution is 0.128. The van der Waals surface area contributed by atoms with E-state index in [1.165, 1.54) is 12.8 Å². The topological polar surface area (TPSA) is 84.9 Å². The first-order chi connectivity index (χ1) is 8.99. The van der Waals surface area contributed by atoms with Crippen molar-refractivity contribution in [1.29, 1.82) is 5.41 Å². The third-order valence-electron chi connectivity index (χ3n) is 3.93.